The van der Waals surface area contributed by atoms with E-state index in [4.69, 9.17) is 0 Å². The number of carbonyl (C=O) groups excluding carboxylic acids is 2. The minimum absolute atomic E-state index is 0.107. The minimum atomic E-state index is -0.541. The van der Waals surface area contributed by atoms with Crippen molar-refractivity contribution in [3.8, 4) is 0 Å². The number of hydrogen-bond donors (Lipinski definition) is 2. The van der Waals surface area contributed by atoms with Gasteiger partial charge in [-0.2, -0.15) is 0 Å². The van der Waals surface area contributed by atoms with Crippen molar-refractivity contribution in [1.82, 2.24) is 0 Å². The summed E-state index contributed by atoms with van der Waals surface area (Å²) in [5.41, 5.74) is 1.38. The molecule has 0 saturated heterocycles. The molecule has 4 aromatic carbocycles. The SMILES string of the molecule is CC(Sc1ccc(NC(=O)c2cccc([N+](=O)[O-])c2)cc1)C(=O)Nc1cccc2ccccc12. The van der Waals surface area contributed by atoms with Gasteiger partial charge in [0.05, 0.1) is 10.2 Å². The van der Waals surface area contributed by atoms with E-state index in [9.17, 15) is 19.7 Å². The number of thioether (sulfide) groups is 1. The first-order valence-corrected chi connectivity index (χ1v) is 11.4. The van der Waals surface area contributed by atoms with Crippen molar-refractivity contribution >= 4 is 51.4 Å². The van der Waals surface area contributed by atoms with Crippen LogP contribution in [0.2, 0.25) is 0 Å². The van der Waals surface area contributed by atoms with E-state index in [2.05, 4.69) is 10.6 Å². The van der Waals surface area contributed by atoms with E-state index < -0.39 is 10.8 Å². The van der Waals surface area contributed by atoms with Gasteiger partial charge in [0.25, 0.3) is 11.6 Å². The lowest BCUT2D eigenvalue weighted by Gasteiger charge is -2.14. The molecule has 1 atom stereocenters. The lowest BCUT2D eigenvalue weighted by atomic mass is 10.1. The third-order valence-electron chi connectivity index (χ3n) is 5.16. The van der Waals surface area contributed by atoms with Crippen molar-refractivity contribution in [1.29, 1.82) is 0 Å². The topological polar surface area (TPSA) is 101 Å². The van der Waals surface area contributed by atoms with Gasteiger partial charge in [0.15, 0.2) is 0 Å². The quantitative estimate of drug-likeness (QED) is 0.192. The van der Waals surface area contributed by atoms with Crippen LogP contribution in [0.3, 0.4) is 0 Å². The molecule has 4 rings (SSSR count). The number of nitrogens with one attached hydrogen (secondary N) is 2. The standard InChI is InChI=1S/C26H21N3O4S/c1-17(25(30)28-24-11-5-7-18-6-2-3-10-23(18)24)34-22-14-12-20(13-15-22)27-26(31)19-8-4-9-21(16-19)29(32)33/h2-17H,1H3,(H,27,31)(H,28,30). The van der Waals surface area contributed by atoms with Crippen LogP contribution in [0.25, 0.3) is 10.8 Å². The Morgan fingerprint density at radius 1 is 0.882 bits per heavy atom. The van der Waals surface area contributed by atoms with Gasteiger partial charge >= 0.3 is 0 Å². The molecule has 0 heterocycles. The molecule has 0 fully saturated rings. The molecule has 0 aliphatic rings. The number of fused-ring (bicyclic) bond motifs is 1. The Morgan fingerprint density at radius 3 is 2.35 bits per heavy atom. The molecule has 0 aromatic heterocycles. The predicted octanol–water partition coefficient (Wildman–Crippen LogP) is 6.12. The largest absolute Gasteiger partial charge is 0.325 e. The Balaban J connectivity index is 1.37. The highest BCUT2D eigenvalue weighted by molar-refractivity contribution is 8.00. The number of benzene rings is 4. The second-order valence-corrected chi connectivity index (χ2v) is 8.98. The van der Waals surface area contributed by atoms with Crippen molar-refractivity contribution < 1.29 is 14.5 Å². The number of nitro groups is 1. The normalized spacial score (nSPS) is 11.6. The minimum Gasteiger partial charge on any atom is -0.325 e. The molecule has 4 aromatic rings. The van der Waals surface area contributed by atoms with Crippen molar-refractivity contribution in [3.63, 3.8) is 0 Å². The van der Waals surface area contributed by atoms with E-state index in [0.717, 1.165) is 21.4 Å². The Morgan fingerprint density at radius 2 is 1.59 bits per heavy atom. The summed E-state index contributed by atoms with van der Waals surface area (Å²) in [4.78, 5) is 36.4. The van der Waals surface area contributed by atoms with E-state index in [1.54, 1.807) is 12.1 Å². The first-order chi connectivity index (χ1) is 16.4. The van der Waals surface area contributed by atoms with Crippen LogP contribution in [0.4, 0.5) is 17.1 Å². The first kappa shape index (κ1) is 23.0. The number of carbonyl (C=O) groups is 2. The highest BCUT2D eigenvalue weighted by Gasteiger charge is 2.16. The molecule has 1 unspecified atom stereocenters. The van der Waals surface area contributed by atoms with E-state index >= 15 is 0 Å². The zero-order valence-corrected chi connectivity index (χ0v) is 19.0. The molecular weight excluding hydrogens is 450 g/mol. The Bertz CT molecular complexity index is 1370. The average molecular weight is 472 g/mol. The van der Waals surface area contributed by atoms with E-state index in [1.807, 2.05) is 61.5 Å². The number of nitro benzene ring substituents is 1. The van der Waals surface area contributed by atoms with Gasteiger partial charge in [-0.1, -0.05) is 42.5 Å². The van der Waals surface area contributed by atoms with Gasteiger partial charge < -0.3 is 10.6 Å². The summed E-state index contributed by atoms with van der Waals surface area (Å²) in [7, 11) is 0. The monoisotopic (exact) mass is 471 g/mol. The third kappa shape index (κ3) is 5.41. The van der Waals surface area contributed by atoms with Crippen molar-refractivity contribution in [2.45, 2.75) is 17.1 Å². The van der Waals surface area contributed by atoms with Gasteiger partial charge in [-0.15, -0.1) is 11.8 Å². The van der Waals surface area contributed by atoms with Crippen molar-refractivity contribution in [2.75, 3.05) is 10.6 Å². The molecule has 0 aliphatic carbocycles. The van der Waals surface area contributed by atoms with Gasteiger partial charge in [0.1, 0.15) is 0 Å². The third-order valence-corrected chi connectivity index (χ3v) is 6.27. The van der Waals surface area contributed by atoms with E-state index in [0.29, 0.717) is 5.69 Å². The summed E-state index contributed by atoms with van der Waals surface area (Å²) < 4.78 is 0. The fraction of sp³-hybridized carbons (Fsp3) is 0.0769. The second kappa shape index (κ2) is 10.2. The number of nitrogens with zero attached hydrogens (tertiary/aromatic N) is 1. The molecule has 0 saturated carbocycles. The van der Waals surface area contributed by atoms with Crippen LogP contribution in [0, 0.1) is 10.1 Å². The smallest absolute Gasteiger partial charge is 0.270 e. The van der Waals surface area contributed by atoms with Gasteiger partial charge in [0.2, 0.25) is 5.91 Å². The average Bonchev–Trinajstić information content (AvgIpc) is 2.85. The number of anilines is 2. The number of amides is 2. The second-order valence-electron chi connectivity index (χ2n) is 7.56. The zero-order chi connectivity index (χ0) is 24.1. The Labute approximate surface area is 200 Å². The van der Waals surface area contributed by atoms with Gasteiger partial charge in [-0.05, 0) is 48.7 Å². The fourth-order valence-corrected chi connectivity index (χ4v) is 4.27. The summed E-state index contributed by atoms with van der Waals surface area (Å²) in [6.45, 7) is 1.84. The molecule has 0 radical (unpaired) electrons. The van der Waals surface area contributed by atoms with E-state index in [-0.39, 0.29) is 22.4 Å². The van der Waals surface area contributed by atoms with Crippen LogP contribution < -0.4 is 10.6 Å². The molecule has 0 aliphatic heterocycles. The summed E-state index contributed by atoms with van der Waals surface area (Å²) in [5.74, 6) is -0.545. The Hall–Kier alpha value is -4.17. The molecule has 7 nitrogen and oxygen atoms in total. The van der Waals surface area contributed by atoms with Crippen LogP contribution >= 0.6 is 11.8 Å². The summed E-state index contributed by atoms with van der Waals surface area (Å²) in [6.07, 6.45) is 0. The summed E-state index contributed by atoms with van der Waals surface area (Å²) in [6, 6.07) is 26.3. The molecule has 170 valence electrons. The van der Waals surface area contributed by atoms with Crippen molar-refractivity contribution in [2.24, 2.45) is 0 Å². The van der Waals surface area contributed by atoms with Gasteiger partial charge in [-0.25, -0.2) is 0 Å². The van der Waals surface area contributed by atoms with Crippen LogP contribution in [0.5, 0.6) is 0 Å². The van der Waals surface area contributed by atoms with Crippen LogP contribution in [-0.4, -0.2) is 22.0 Å². The maximum Gasteiger partial charge on any atom is 0.270 e. The molecule has 2 N–H and O–H groups in total. The van der Waals surface area contributed by atoms with Crippen LogP contribution in [-0.2, 0) is 4.79 Å². The maximum absolute atomic E-state index is 12.8. The molecule has 0 bridgehead atoms. The predicted molar refractivity (Wildman–Crippen MR) is 135 cm³/mol. The highest BCUT2D eigenvalue weighted by Crippen LogP contribution is 2.28. The van der Waals surface area contributed by atoms with Crippen LogP contribution in [0.15, 0.2) is 95.9 Å². The lowest BCUT2D eigenvalue weighted by Crippen LogP contribution is -2.22. The molecule has 0 spiro atoms. The van der Waals surface area contributed by atoms with Crippen molar-refractivity contribution in [3.05, 3.63) is 107 Å². The highest BCUT2D eigenvalue weighted by atomic mass is 32.2. The lowest BCUT2D eigenvalue weighted by molar-refractivity contribution is -0.384. The summed E-state index contributed by atoms with van der Waals surface area (Å²) in [5, 5.41) is 18.3. The number of hydrogen-bond acceptors (Lipinski definition) is 5. The van der Waals surface area contributed by atoms with Gasteiger partial charge in [0, 0.05) is 39.4 Å². The number of rotatable bonds is 7. The zero-order valence-electron chi connectivity index (χ0n) is 18.2. The molecule has 2 amide bonds. The number of non-ortho nitro benzene ring substituents is 1. The molecule has 8 heteroatoms. The Kier molecular flexibility index (Phi) is 6.89. The fourth-order valence-electron chi connectivity index (χ4n) is 3.41. The van der Waals surface area contributed by atoms with Crippen LogP contribution in [0.1, 0.15) is 17.3 Å². The molecule has 34 heavy (non-hydrogen) atoms. The maximum atomic E-state index is 12.8. The van der Waals surface area contributed by atoms with Gasteiger partial charge in [-0.3, -0.25) is 19.7 Å². The first-order valence-electron chi connectivity index (χ1n) is 10.5. The molecular formula is C26H21N3O4S. The van der Waals surface area contributed by atoms with E-state index in [1.165, 1.54) is 36.0 Å². The summed E-state index contributed by atoms with van der Waals surface area (Å²) >= 11 is 1.41.